The van der Waals surface area contributed by atoms with Crippen LogP contribution in [-0.2, 0) is 9.62 Å². The van der Waals surface area contributed by atoms with E-state index < -0.39 is 21.3 Å². The molecule has 15 heavy (non-hydrogen) atoms. The molecule has 0 radical (unpaired) electrons. The first-order valence-corrected chi connectivity index (χ1v) is 6.33. The maximum atomic E-state index is 12.8. The molecule has 1 rings (SSSR count). The van der Waals surface area contributed by atoms with Gasteiger partial charge in [0.25, 0.3) is 0 Å². The van der Waals surface area contributed by atoms with E-state index >= 15 is 0 Å². The Morgan fingerprint density at radius 3 is 2.20 bits per heavy atom. The summed E-state index contributed by atoms with van der Waals surface area (Å²) in [6, 6.07) is 2.97. The van der Waals surface area contributed by atoms with Crippen LogP contribution in [0.3, 0.4) is 0 Å². The molecule has 6 heteroatoms. The second kappa shape index (κ2) is 4.36. The van der Waals surface area contributed by atoms with Crippen molar-refractivity contribution in [2.24, 2.45) is 8.73 Å². The molecule has 0 amide bonds. The smallest absolute Gasteiger partial charge is 0.213 e. The van der Waals surface area contributed by atoms with E-state index in [1.807, 2.05) is 0 Å². The predicted octanol–water partition coefficient (Wildman–Crippen LogP) is 2.86. The minimum atomic E-state index is -1.86. The molecule has 0 saturated carbocycles. The molecule has 0 unspecified atom stereocenters. The van der Waals surface area contributed by atoms with Crippen molar-refractivity contribution in [1.82, 2.24) is 0 Å². The number of nitrogens with zero attached hydrogens (tertiary/aromatic N) is 3. The van der Waals surface area contributed by atoms with Gasteiger partial charge in [-0.05, 0) is 9.62 Å². The second-order valence-electron chi connectivity index (χ2n) is 3.13. The maximum Gasteiger partial charge on any atom is 0.213 e. The Bertz CT molecular complexity index is 509. The fourth-order valence-corrected chi connectivity index (χ4v) is 1.83. The van der Waals surface area contributed by atoms with E-state index in [0.717, 1.165) is 18.2 Å². The van der Waals surface area contributed by atoms with Gasteiger partial charge in [-0.15, -0.1) is 4.36 Å². The monoisotopic (exact) mass is 229 g/mol. The van der Waals surface area contributed by atoms with Gasteiger partial charge in [-0.25, -0.2) is 13.1 Å². The van der Waals surface area contributed by atoms with Gasteiger partial charge in [0.15, 0.2) is 0 Å². The third-order valence-corrected chi connectivity index (χ3v) is 2.63. The Labute approximate surface area is 87.2 Å². The highest BCUT2D eigenvalue weighted by molar-refractivity contribution is 7.94. The normalized spacial score (nSPS) is 10.6. The molecule has 0 N–H and O–H groups in total. The van der Waals surface area contributed by atoms with E-state index in [0.29, 0.717) is 0 Å². The number of benzene rings is 1. The third kappa shape index (κ3) is 3.64. The zero-order valence-electron chi connectivity index (χ0n) is 8.24. The highest BCUT2D eigenvalue weighted by atomic mass is 32.2. The van der Waals surface area contributed by atoms with Crippen molar-refractivity contribution in [2.75, 3.05) is 12.5 Å². The van der Waals surface area contributed by atoms with Crippen molar-refractivity contribution in [3.05, 3.63) is 29.8 Å². The molecular formula is C9H9F2N3S. The molecule has 80 valence electrons. The van der Waals surface area contributed by atoms with E-state index in [9.17, 15) is 8.78 Å². The maximum absolute atomic E-state index is 12.8. The summed E-state index contributed by atoms with van der Waals surface area (Å²) in [5.74, 6) is -1.39. The SMILES string of the molecule is CS(C)(=NC#N)=Nc1cc(F)cc(F)c1. The molecule has 0 bridgehead atoms. The van der Waals surface area contributed by atoms with Crippen molar-refractivity contribution in [3.8, 4) is 6.19 Å². The van der Waals surface area contributed by atoms with Crippen molar-refractivity contribution >= 4 is 15.3 Å². The number of rotatable bonds is 1. The van der Waals surface area contributed by atoms with Gasteiger partial charge in [0, 0.05) is 30.7 Å². The first-order valence-electron chi connectivity index (χ1n) is 3.96. The summed E-state index contributed by atoms with van der Waals surface area (Å²) in [5, 5.41) is 8.39. The van der Waals surface area contributed by atoms with Gasteiger partial charge < -0.3 is 0 Å². The quantitative estimate of drug-likeness (QED) is 0.683. The minimum Gasteiger partial charge on any atom is -0.217 e. The van der Waals surface area contributed by atoms with Gasteiger partial charge in [-0.1, -0.05) is 0 Å². The lowest BCUT2D eigenvalue weighted by molar-refractivity contribution is 0.584. The predicted molar refractivity (Wildman–Crippen MR) is 55.7 cm³/mol. The highest BCUT2D eigenvalue weighted by Crippen LogP contribution is 2.18. The van der Waals surface area contributed by atoms with Crippen LogP contribution in [0.2, 0.25) is 0 Å². The summed E-state index contributed by atoms with van der Waals surface area (Å²) >= 11 is 0. The number of nitriles is 1. The lowest BCUT2D eigenvalue weighted by Gasteiger charge is -2.00. The second-order valence-corrected chi connectivity index (χ2v) is 5.94. The van der Waals surface area contributed by atoms with E-state index in [4.69, 9.17) is 5.26 Å². The first kappa shape index (κ1) is 11.6. The van der Waals surface area contributed by atoms with Gasteiger partial charge in [0.05, 0.1) is 5.69 Å². The lowest BCUT2D eigenvalue weighted by atomic mass is 10.3. The summed E-state index contributed by atoms with van der Waals surface area (Å²) in [6.07, 6.45) is 4.94. The Morgan fingerprint density at radius 2 is 1.73 bits per heavy atom. The standard InChI is InChI=1S/C9H9F2N3S/c1-15(2,13-6-12)14-9-4-7(10)3-8(11)5-9/h3-5H,1-2H3. The van der Waals surface area contributed by atoms with Gasteiger partial charge in [-0.2, -0.15) is 5.26 Å². The first-order chi connectivity index (χ1) is 6.93. The van der Waals surface area contributed by atoms with Crippen LogP contribution < -0.4 is 0 Å². The molecule has 0 saturated heterocycles. The van der Waals surface area contributed by atoms with Crippen LogP contribution in [0.25, 0.3) is 0 Å². The van der Waals surface area contributed by atoms with E-state index in [-0.39, 0.29) is 5.69 Å². The van der Waals surface area contributed by atoms with Crippen LogP contribution in [0.5, 0.6) is 0 Å². The van der Waals surface area contributed by atoms with Gasteiger partial charge in [0.1, 0.15) is 11.6 Å². The molecule has 0 aliphatic rings. The van der Waals surface area contributed by atoms with Crippen LogP contribution in [0.4, 0.5) is 14.5 Å². The minimum absolute atomic E-state index is 0.159. The topological polar surface area (TPSA) is 48.5 Å². The van der Waals surface area contributed by atoms with Crippen molar-refractivity contribution in [2.45, 2.75) is 0 Å². The average Bonchev–Trinajstić information content (AvgIpc) is 1.99. The molecule has 0 heterocycles. The molecule has 0 aliphatic heterocycles. The van der Waals surface area contributed by atoms with Crippen LogP contribution in [0, 0.1) is 23.1 Å². The van der Waals surface area contributed by atoms with Crippen LogP contribution in [0.15, 0.2) is 26.9 Å². The molecule has 3 nitrogen and oxygen atoms in total. The van der Waals surface area contributed by atoms with Gasteiger partial charge in [-0.3, -0.25) is 0 Å². The Morgan fingerprint density at radius 1 is 1.20 bits per heavy atom. The molecule has 0 aromatic heterocycles. The summed E-state index contributed by atoms with van der Waals surface area (Å²) in [6.45, 7) is 0. The molecule has 0 fully saturated rings. The number of halogens is 2. The molecular weight excluding hydrogens is 220 g/mol. The Kier molecular flexibility index (Phi) is 3.37. The molecule has 0 aliphatic carbocycles. The highest BCUT2D eigenvalue weighted by Gasteiger charge is 2.00. The summed E-state index contributed by atoms with van der Waals surface area (Å²) < 4.78 is 33.2. The zero-order chi connectivity index (χ0) is 11.5. The van der Waals surface area contributed by atoms with E-state index in [1.165, 1.54) is 0 Å². The van der Waals surface area contributed by atoms with E-state index in [2.05, 4.69) is 8.73 Å². The van der Waals surface area contributed by atoms with E-state index in [1.54, 1.807) is 18.7 Å². The van der Waals surface area contributed by atoms with Gasteiger partial charge >= 0.3 is 0 Å². The van der Waals surface area contributed by atoms with Gasteiger partial charge in [0.2, 0.25) is 6.19 Å². The molecule has 0 atom stereocenters. The average molecular weight is 229 g/mol. The molecule has 0 spiro atoms. The summed E-state index contributed by atoms with van der Waals surface area (Å²) in [5.41, 5.74) is 0.159. The molecule has 1 aromatic rings. The van der Waals surface area contributed by atoms with Crippen LogP contribution >= 0.6 is 0 Å². The Hall–Kier alpha value is -1.48. The van der Waals surface area contributed by atoms with Crippen molar-refractivity contribution < 1.29 is 8.78 Å². The molecule has 1 aromatic carbocycles. The fourth-order valence-electron chi connectivity index (χ4n) is 0.970. The number of hydrogen-bond acceptors (Lipinski definition) is 3. The summed E-state index contributed by atoms with van der Waals surface area (Å²) in [4.78, 5) is 0. The summed E-state index contributed by atoms with van der Waals surface area (Å²) in [7, 11) is -1.86. The van der Waals surface area contributed by atoms with Crippen LogP contribution in [-0.4, -0.2) is 12.5 Å². The van der Waals surface area contributed by atoms with Crippen molar-refractivity contribution in [3.63, 3.8) is 0 Å². The zero-order valence-corrected chi connectivity index (χ0v) is 9.05. The van der Waals surface area contributed by atoms with Crippen LogP contribution in [0.1, 0.15) is 0 Å². The fraction of sp³-hybridized carbons (Fsp3) is 0.222. The lowest BCUT2D eigenvalue weighted by Crippen LogP contribution is -1.90. The third-order valence-electron chi connectivity index (χ3n) is 1.44. The number of hydrogen-bond donors (Lipinski definition) is 0. The van der Waals surface area contributed by atoms with Crippen molar-refractivity contribution in [1.29, 1.82) is 5.26 Å². The largest absolute Gasteiger partial charge is 0.217 e. The Balaban J connectivity index is 3.33.